The van der Waals surface area contributed by atoms with E-state index in [-0.39, 0.29) is 30.4 Å². The second kappa shape index (κ2) is 12.5. The van der Waals surface area contributed by atoms with Gasteiger partial charge in [0.05, 0.1) is 0 Å². The third-order valence-electron chi connectivity index (χ3n) is 6.64. The van der Waals surface area contributed by atoms with E-state index in [9.17, 15) is 0 Å². The molecule has 0 fully saturated rings. The monoisotopic (exact) mass is 476 g/mol. The fraction of sp³-hybridized carbons (Fsp3) is 0.481. The molecule has 0 N–H and O–H groups in total. The predicted octanol–water partition coefficient (Wildman–Crippen LogP) is -0.522. The van der Waals surface area contributed by atoms with Crippen LogP contribution in [0.2, 0.25) is 0 Å². The van der Waals surface area contributed by atoms with Crippen LogP contribution in [-0.2, 0) is 10.3 Å². The fourth-order valence-corrected chi connectivity index (χ4v) is 4.54. The maximum absolute atomic E-state index is 6.28. The van der Waals surface area contributed by atoms with Crippen LogP contribution in [0.5, 0.6) is 0 Å². The highest BCUT2D eigenvalue weighted by atomic mass is 35.5. The zero-order valence-electron chi connectivity index (χ0n) is 20.1. The Labute approximate surface area is 207 Å². The van der Waals surface area contributed by atoms with Crippen molar-refractivity contribution in [2.75, 3.05) is 7.11 Å². The van der Waals surface area contributed by atoms with Gasteiger partial charge in [-0.2, -0.15) is 9.13 Å². The number of pyridine rings is 2. The lowest BCUT2D eigenvalue weighted by molar-refractivity contribution is -0.766. The predicted molar refractivity (Wildman–Crippen MR) is 123 cm³/mol. The Morgan fingerprint density at radius 2 is 1.44 bits per heavy atom. The van der Waals surface area contributed by atoms with Crippen LogP contribution in [-0.4, -0.2) is 12.7 Å². The van der Waals surface area contributed by atoms with Gasteiger partial charge in [-0.3, -0.25) is 0 Å². The Morgan fingerprint density at radius 1 is 0.844 bits per heavy atom. The summed E-state index contributed by atoms with van der Waals surface area (Å²) in [6.45, 7) is 9.11. The molecule has 1 aliphatic rings. The first kappa shape index (κ1) is 28.4. The zero-order chi connectivity index (χ0) is 21.6. The summed E-state index contributed by atoms with van der Waals surface area (Å²) in [7, 11) is 1.82. The minimum atomic E-state index is -0.522. The van der Waals surface area contributed by atoms with Crippen molar-refractivity contribution in [3.05, 3.63) is 78.9 Å². The Morgan fingerprint density at radius 3 is 2.00 bits per heavy atom. The van der Waals surface area contributed by atoms with Crippen LogP contribution in [0, 0.1) is 5.92 Å². The van der Waals surface area contributed by atoms with Gasteiger partial charge in [0.25, 0.3) is 0 Å². The van der Waals surface area contributed by atoms with Gasteiger partial charge in [0, 0.05) is 44.4 Å². The molecule has 2 unspecified atom stereocenters. The van der Waals surface area contributed by atoms with Crippen molar-refractivity contribution in [2.45, 2.75) is 70.9 Å². The highest BCUT2D eigenvalue weighted by Gasteiger charge is 2.60. The highest BCUT2D eigenvalue weighted by molar-refractivity contribution is 5.57. The summed E-state index contributed by atoms with van der Waals surface area (Å²) in [6, 6.07) is 12.5. The topological polar surface area (TPSA) is 17.0 Å². The van der Waals surface area contributed by atoms with Gasteiger partial charge >= 0.3 is 0 Å². The van der Waals surface area contributed by atoms with Gasteiger partial charge in [0.15, 0.2) is 24.8 Å². The molecule has 3 rings (SSSR count). The van der Waals surface area contributed by atoms with Gasteiger partial charge in [0.2, 0.25) is 16.8 Å². The summed E-state index contributed by atoms with van der Waals surface area (Å²) < 4.78 is 10.8. The van der Waals surface area contributed by atoms with E-state index in [1.54, 1.807) is 0 Å². The number of aromatic nitrogens is 2. The third-order valence-corrected chi connectivity index (χ3v) is 6.64. The number of ether oxygens (including phenoxy) is 1. The summed E-state index contributed by atoms with van der Waals surface area (Å²) in [5.41, 5.74) is 1.69. The maximum Gasteiger partial charge on any atom is 0.226 e. The zero-order valence-corrected chi connectivity index (χ0v) is 21.6. The van der Waals surface area contributed by atoms with Crippen molar-refractivity contribution in [3.63, 3.8) is 0 Å². The number of halogens is 2. The Kier molecular flexibility index (Phi) is 11.1. The normalized spacial score (nSPS) is 22.4. The largest absolute Gasteiger partial charge is 1.00 e. The molecule has 32 heavy (non-hydrogen) atoms. The van der Waals surface area contributed by atoms with Crippen LogP contribution in [0.1, 0.15) is 59.8 Å². The lowest BCUT2D eigenvalue weighted by atomic mass is 9.73. The van der Waals surface area contributed by atoms with Crippen LogP contribution in [0.25, 0.3) is 5.70 Å². The average molecular weight is 478 g/mol. The van der Waals surface area contributed by atoms with Crippen LogP contribution in [0.3, 0.4) is 0 Å². The molecule has 0 aromatic carbocycles. The smallest absolute Gasteiger partial charge is 0.226 e. The Balaban J connectivity index is 0.00000256. The molecular formula is C27H38Cl2N2O. The first-order chi connectivity index (χ1) is 14.4. The molecule has 2 aromatic rings. The van der Waals surface area contributed by atoms with Crippen LogP contribution in [0.4, 0.5) is 0 Å². The molecule has 0 saturated carbocycles. The van der Waals surface area contributed by atoms with Gasteiger partial charge in [-0.1, -0.05) is 45.2 Å². The van der Waals surface area contributed by atoms with E-state index in [2.05, 4.69) is 110 Å². The standard InChI is InChI=1S/C27H38N2O.2ClH/c1-23(2)15-9-6-10-16-24-21-25(28-17-11-7-12-18-28)27(4,30-5)26(3,22-24)29-19-13-8-14-20-29;;/h7-8,11-14,17-23H,6,9-10,15-16H2,1-5H3;2*1H/q+2;;/p-2. The average Bonchev–Trinajstić information content (AvgIpc) is 2.76. The number of methoxy groups -OCH3 is 1. The molecule has 0 aliphatic heterocycles. The molecule has 2 aromatic heterocycles. The van der Waals surface area contributed by atoms with Crippen molar-refractivity contribution < 1.29 is 38.7 Å². The van der Waals surface area contributed by atoms with E-state index in [4.69, 9.17) is 4.74 Å². The third kappa shape index (κ3) is 6.01. The fourth-order valence-electron chi connectivity index (χ4n) is 4.54. The molecule has 176 valence electrons. The van der Waals surface area contributed by atoms with Gasteiger partial charge in [-0.25, -0.2) is 0 Å². The molecule has 0 spiro atoms. The van der Waals surface area contributed by atoms with Crippen LogP contribution in [0.15, 0.2) is 78.9 Å². The lowest BCUT2D eigenvalue weighted by Crippen LogP contribution is -3.00. The molecule has 0 amide bonds. The van der Waals surface area contributed by atoms with Crippen molar-refractivity contribution in [2.24, 2.45) is 5.92 Å². The quantitative estimate of drug-likeness (QED) is 0.351. The molecule has 0 saturated heterocycles. The number of allylic oxidation sites excluding steroid dienone is 2. The maximum atomic E-state index is 6.28. The molecule has 5 heteroatoms. The number of hydrogen-bond acceptors (Lipinski definition) is 1. The molecule has 2 atom stereocenters. The van der Waals surface area contributed by atoms with Gasteiger partial charge in [0.1, 0.15) is 0 Å². The van der Waals surface area contributed by atoms with E-state index in [0.717, 1.165) is 12.3 Å². The van der Waals surface area contributed by atoms with Gasteiger partial charge in [-0.15, -0.1) is 0 Å². The Bertz CT molecular complexity index is 883. The number of unbranched alkanes of at least 4 members (excludes halogenated alkanes) is 2. The van der Waals surface area contributed by atoms with Crippen molar-refractivity contribution in [3.8, 4) is 0 Å². The first-order valence-electron chi connectivity index (χ1n) is 11.3. The van der Waals surface area contributed by atoms with Gasteiger partial charge < -0.3 is 29.6 Å². The minimum absolute atomic E-state index is 0. The van der Waals surface area contributed by atoms with E-state index >= 15 is 0 Å². The summed E-state index contributed by atoms with van der Waals surface area (Å²) in [4.78, 5) is 0. The van der Waals surface area contributed by atoms with E-state index in [1.165, 1.54) is 37.0 Å². The van der Waals surface area contributed by atoms with E-state index in [1.807, 2.05) is 7.11 Å². The minimum Gasteiger partial charge on any atom is -1.00 e. The van der Waals surface area contributed by atoms with E-state index < -0.39 is 5.60 Å². The summed E-state index contributed by atoms with van der Waals surface area (Å²) in [5.74, 6) is 0.792. The first-order valence-corrected chi connectivity index (χ1v) is 11.3. The Hall–Kier alpha value is -1.68. The van der Waals surface area contributed by atoms with Crippen molar-refractivity contribution in [1.29, 1.82) is 0 Å². The molecule has 0 radical (unpaired) electrons. The summed E-state index contributed by atoms with van der Waals surface area (Å²) in [6.07, 6.45) is 19.5. The van der Waals surface area contributed by atoms with E-state index in [0.29, 0.717) is 0 Å². The molecule has 1 aliphatic carbocycles. The van der Waals surface area contributed by atoms with Crippen LogP contribution < -0.4 is 33.9 Å². The van der Waals surface area contributed by atoms with Crippen molar-refractivity contribution in [1.82, 2.24) is 0 Å². The number of hydrogen-bond donors (Lipinski definition) is 0. The summed E-state index contributed by atoms with van der Waals surface area (Å²) in [5, 5.41) is 0. The summed E-state index contributed by atoms with van der Waals surface area (Å²) >= 11 is 0. The van der Waals surface area contributed by atoms with Gasteiger partial charge in [-0.05, 0) is 37.3 Å². The van der Waals surface area contributed by atoms with Crippen LogP contribution >= 0.6 is 0 Å². The molecule has 0 bridgehead atoms. The second-order valence-corrected chi connectivity index (χ2v) is 9.19. The lowest BCUT2D eigenvalue weighted by Gasteiger charge is -2.40. The van der Waals surface area contributed by atoms with Crippen molar-refractivity contribution >= 4 is 5.70 Å². The molecule has 3 nitrogen and oxygen atoms in total. The molecule has 2 heterocycles. The second-order valence-electron chi connectivity index (χ2n) is 9.19. The highest BCUT2D eigenvalue weighted by Crippen LogP contribution is 2.41. The number of rotatable bonds is 9. The number of nitrogens with zero attached hydrogens (tertiary/aromatic N) is 2. The SMILES string of the molecule is COC1(C)C([n+]2ccccc2)=CC(CCCCCC(C)C)=CC1(C)[n+]1ccccc1.[Cl-].[Cl-]. The molecular weight excluding hydrogens is 439 g/mol.